The van der Waals surface area contributed by atoms with Crippen molar-refractivity contribution in [1.29, 1.82) is 0 Å². The van der Waals surface area contributed by atoms with Gasteiger partial charge in [0.05, 0.1) is 6.04 Å². The molecule has 0 spiro atoms. The van der Waals surface area contributed by atoms with Crippen LogP contribution in [0.25, 0.3) is 10.4 Å². The molecule has 0 saturated heterocycles. The van der Waals surface area contributed by atoms with Crippen molar-refractivity contribution in [2.24, 2.45) is 5.11 Å². The summed E-state index contributed by atoms with van der Waals surface area (Å²) in [5.41, 5.74) is 7.72. The average molecular weight is 214 g/mol. The fourth-order valence-corrected chi connectivity index (χ4v) is 0.855. The van der Waals surface area contributed by atoms with Crippen molar-refractivity contribution in [1.82, 2.24) is 5.32 Å². The van der Waals surface area contributed by atoms with Crippen molar-refractivity contribution in [2.75, 3.05) is 6.54 Å². The third-order valence-corrected chi connectivity index (χ3v) is 1.57. The molecule has 0 radical (unpaired) electrons. The van der Waals surface area contributed by atoms with Crippen molar-refractivity contribution >= 4 is 6.09 Å². The lowest BCUT2D eigenvalue weighted by Crippen LogP contribution is -2.36. The lowest BCUT2D eigenvalue weighted by molar-refractivity contribution is 0.0524. The molecule has 0 fully saturated rings. The zero-order valence-corrected chi connectivity index (χ0v) is 9.65. The Kier molecular flexibility index (Phi) is 5.56. The lowest BCUT2D eigenvalue weighted by Gasteiger charge is -2.20. The largest absolute Gasteiger partial charge is 0.444 e. The van der Waals surface area contributed by atoms with Crippen LogP contribution in [-0.4, -0.2) is 24.3 Å². The van der Waals surface area contributed by atoms with E-state index in [2.05, 4.69) is 15.3 Å². The Morgan fingerprint density at radius 3 is 2.60 bits per heavy atom. The van der Waals surface area contributed by atoms with E-state index in [1.165, 1.54) is 0 Å². The summed E-state index contributed by atoms with van der Waals surface area (Å²) >= 11 is 0. The maximum Gasteiger partial charge on any atom is 0.407 e. The number of carbonyl (C=O) groups excluding carboxylic acids is 1. The number of hydrogen-bond acceptors (Lipinski definition) is 3. The van der Waals surface area contributed by atoms with Crippen molar-refractivity contribution in [3.63, 3.8) is 0 Å². The second kappa shape index (κ2) is 6.14. The maximum absolute atomic E-state index is 11.2. The fraction of sp³-hybridized carbons (Fsp3) is 0.889. The highest BCUT2D eigenvalue weighted by molar-refractivity contribution is 5.67. The van der Waals surface area contributed by atoms with E-state index in [0.717, 1.165) is 0 Å². The Bertz CT molecular complexity index is 253. The van der Waals surface area contributed by atoms with E-state index >= 15 is 0 Å². The lowest BCUT2D eigenvalue weighted by atomic mass is 10.2. The Balaban J connectivity index is 3.94. The third kappa shape index (κ3) is 7.64. The molecule has 0 aromatic rings. The molecule has 6 nitrogen and oxygen atoms in total. The molecular weight excluding hydrogens is 196 g/mol. The topological polar surface area (TPSA) is 87.1 Å². The predicted molar refractivity (Wildman–Crippen MR) is 57.5 cm³/mol. The van der Waals surface area contributed by atoms with Crippen LogP contribution in [0.2, 0.25) is 0 Å². The molecule has 0 aliphatic carbocycles. The highest BCUT2D eigenvalue weighted by Crippen LogP contribution is 2.06. The van der Waals surface area contributed by atoms with Gasteiger partial charge in [-0.1, -0.05) is 12.0 Å². The van der Waals surface area contributed by atoms with Gasteiger partial charge in [0.1, 0.15) is 5.60 Å². The molecule has 0 aromatic heterocycles. The SMILES string of the molecule is CCC(CNC(=O)OC(C)(C)C)N=[N+]=[N-]. The zero-order valence-electron chi connectivity index (χ0n) is 9.65. The standard InChI is InChI=1S/C9H18N4O2/c1-5-7(12-13-10)6-11-8(14)15-9(2,3)4/h7H,5-6H2,1-4H3,(H,11,14). The van der Waals surface area contributed by atoms with Gasteiger partial charge < -0.3 is 10.1 Å². The van der Waals surface area contributed by atoms with Gasteiger partial charge in [0.15, 0.2) is 0 Å². The maximum atomic E-state index is 11.2. The zero-order chi connectivity index (χ0) is 11.9. The summed E-state index contributed by atoms with van der Waals surface area (Å²) in [6.45, 7) is 7.55. The van der Waals surface area contributed by atoms with E-state index in [0.29, 0.717) is 13.0 Å². The fourth-order valence-electron chi connectivity index (χ4n) is 0.855. The Hall–Kier alpha value is -1.42. The van der Waals surface area contributed by atoms with Crippen LogP contribution in [0.1, 0.15) is 34.1 Å². The first-order chi connectivity index (χ1) is 6.89. The second-order valence-electron chi connectivity index (χ2n) is 4.15. The van der Waals surface area contributed by atoms with Crippen molar-refractivity contribution in [3.05, 3.63) is 10.4 Å². The van der Waals surface area contributed by atoms with E-state index in [1.54, 1.807) is 20.8 Å². The molecule has 1 atom stereocenters. The first kappa shape index (κ1) is 13.6. The van der Waals surface area contributed by atoms with Crippen LogP contribution >= 0.6 is 0 Å². The van der Waals surface area contributed by atoms with Crippen LogP contribution in [0.3, 0.4) is 0 Å². The predicted octanol–water partition coefficient (Wildman–Crippen LogP) is 2.60. The molecule has 0 rings (SSSR count). The van der Waals surface area contributed by atoms with Gasteiger partial charge >= 0.3 is 6.09 Å². The summed E-state index contributed by atoms with van der Waals surface area (Å²) in [7, 11) is 0. The summed E-state index contributed by atoms with van der Waals surface area (Å²) in [6, 6.07) is -0.220. The van der Waals surface area contributed by atoms with Gasteiger partial charge in [-0.05, 0) is 32.7 Å². The summed E-state index contributed by atoms with van der Waals surface area (Å²) in [4.78, 5) is 13.9. The minimum atomic E-state index is -0.510. The highest BCUT2D eigenvalue weighted by atomic mass is 16.6. The Labute approximate surface area is 89.6 Å². The van der Waals surface area contributed by atoms with Gasteiger partial charge in [0, 0.05) is 11.5 Å². The van der Waals surface area contributed by atoms with Crippen molar-refractivity contribution in [2.45, 2.75) is 45.8 Å². The number of amides is 1. The molecule has 0 aliphatic heterocycles. The van der Waals surface area contributed by atoms with Crippen LogP contribution in [0, 0.1) is 0 Å². The van der Waals surface area contributed by atoms with Gasteiger partial charge in [-0.25, -0.2) is 4.79 Å². The number of hydrogen-bond donors (Lipinski definition) is 1. The number of alkyl carbamates (subject to hydrolysis) is 1. The average Bonchev–Trinajstić information content (AvgIpc) is 2.09. The molecule has 15 heavy (non-hydrogen) atoms. The van der Waals surface area contributed by atoms with Crippen molar-refractivity contribution < 1.29 is 9.53 Å². The van der Waals surface area contributed by atoms with Gasteiger partial charge in [-0.15, -0.1) is 0 Å². The normalized spacial score (nSPS) is 12.5. The first-order valence-corrected chi connectivity index (χ1v) is 4.90. The molecule has 86 valence electrons. The van der Waals surface area contributed by atoms with E-state index in [1.807, 2.05) is 6.92 Å². The molecule has 0 heterocycles. The molecule has 0 bridgehead atoms. The number of carbonyl (C=O) groups is 1. The number of rotatable bonds is 4. The molecule has 0 aromatic carbocycles. The van der Waals surface area contributed by atoms with Crippen LogP contribution < -0.4 is 5.32 Å². The Morgan fingerprint density at radius 1 is 1.60 bits per heavy atom. The van der Waals surface area contributed by atoms with Crippen LogP contribution in [0.4, 0.5) is 4.79 Å². The molecule has 6 heteroatoms. The van der Waals surface area contributed by atoms with Gasteiger partial charge in [0.2, 0.25) is 0 Å². The van der Waals surface area contributed by atoms with Crippen LogP contribution in [-0.2, 0) is 4.74 Å². The van der Waals surface area contributed by atoms with Gasteiger partial charge in [-0.2, -0.15) is 0 Å². The molecule has 0 saturated carbocycles. The summed E-state index contributed by atoms with van der Waals surface area (Å²) in [6.07, 6.45) is 0.189. The molecular formula is C9H18N4O2. The first-order valence-electron chi connectivity index (χ1n) is 4.90. The van der Waals surface area contributed by atoms with Crippen LogP contribution in [0.15, 0.2) is 5.11 Å². The monoisotopic (exact) mass is 214 g/mol. The molecule has 0 aliphatic rings. The van der Waals surface area contributed by atoms with E-state index in [-0.39, 0.29) is 6.04 Å². The summed E-state index contributed by atoms with van der Waals surface area (Å²) < 4.78 is 5.03. The second-order valence-corrected chi connectivity index (χ2v) is 4.15. The number of nitrogens with zero attached hydrogens (tertiary/aromatic N) is 3. The van der Waals surface area contributed by atoms with Gasteiger partial charge in [0.25, 0.3) is 0 Å². The van der Waals surface area contributed by atoms with E-state index < -0.39 is 11.7 Å². The Morgan fingerprint density at radius 2 is 2.20 bits per heavy atom. The smallest absolute Gasteiger partial charge is 0.407 e. The number of nitrogens with one attached hydrogen (secondary N) is 1. The molecule has 1 amide bonds. The van der Waals surface area contributed by atoms with E-state index in [4.69, 9.17) is 10.3 Å². The van der Waals surface area contributed by atoms with Gasteiger partial charge in [-0.3, -0.25) is 0 Å². The molecule has 1 unspecified atom stereocenters. The number of azide groups is 1. The third-order valence-electron chi connectivity index (χ3n) is 1.57. The summed E-state index contributed by atoms with van der Waals surface area (Å²) in [5, 5.41) is 6.07. The number of ether oxygens (including phenoxy) is 1. The minimum Gasteiger partial charge on any atom is -0.444 e. The van der Waals surface area contributed by atoms with Crippen LogP contribution in [0.5, 0.6) is 0 Å². The quantitative estimate of drug-likeness (QED) is 0.443. The highest BCUT2D eigenvalue weighted by Gasteiger charge is 2.16. The molecule has 1 N–H and O–H groups in total. The minimum absolute atomic E-state index is 0.220. The summed E-state index contributed by atoms with van der Waals surface area (Å²) in [5.74, 6) is 0. The van der Waals surface area contributed by atoms with E-state index in [9.17, 15) is 4.79 Å². The van der Waals surface area contributed by atoms with Crippen molar-refractivity contribution in [3.8, 4) is 0 Å².